The molecule has 0 aromatic heterocycles. The summed E-state index contributed by atoms with van der Waals surface area (Å²) < 4.78 is 0. The van der Waals surface area contributed by atoms with Crippen LogP contribution in [0.4, 0.5) is 5.69 Å². The van der Waals surface area contributed by atoms with E-state index in [1.807, 2.05) is 0 Å². The van der Waals surface area contributed by atoms with E-state index in [4.69, 9.17) is 4.99 Å². The zero-order valence-electron chi connectivity index (χ0n) is 16.7. The number of guanidine groups is 1. The Balaban J connectivity index is 1.61. The molecule has 3 rings (SSSR count). The molecule has 0 amide bonds. The van der Waals surface area contributed by atoms with Crippen LogP contribution < -0.4 is 15.5 Å². The maximum absolute atomic E-state index is 10.4. The van der Waals surface area contributed by atoms with Gasteiger partial charge in [-0.05, 0) is 37.5 Å². The van der Waals surface area contributed by atoms with Crippen molar-refractivity contribution in [1.82, 2.24) is 10.6 Å². The molecular weight excluding hydrogens is 336 g/mol. The Morgan fingerprint density at radius 1 is 1.26 bits per heavy atom. The van der Waals surface area contributed by atoms with Crippen molar-refractivity contribution in [2.75, 3.05) is 31.1 Å². The van der Waals surface area contributed by atoms with Crippen molar-refractivity contribution >= 4 is 11.6 Å². The Morgan fingerprint density at radius 2 is 2.07 bits per heavy atom. The van der Waals surface area contributed by atoms with Crippen LogP contribution in [0.3, 0.4) is 0 Å². The van der Waals surface area contributed by atoms with Gasteiger partial charge in [-0.1, -0.05) is 44.1 Å². The number of nitrogens with one attached hydrogen (secondary N) is 2. The van der Waals surface area contributed by atoms with Crippen molar-refractivity contribution in [3.05, 3.63) is 42.0 Å². The second-order valence-corrected chi connectivity index (χ2v) is 8.01. The van der Waals surface area contributed by atoms with Crippen LogP contribution in [0.1, 0.15) is 45.1 Å². The van der Waals surface area contributed by atoms with Gasteiger partial charge in [0.15, 0.2) is 5.96 Å². The van der Waals surface area contributed by atoms with Crippen LogP contribution in [-0.4, -0.2) is 43.3 Å². The number of aliphatic hydroxyl groups excluding tert-OH is 1. The van der Waals surface area contributed by atoms with Gasteiger partial charge in [0.25, 0.3) is 0 Å². The van der Waals surface area contributed by atoms with E-state index >= 15 is 0 Å². The molecule has 0 bridgehead atoms. The number of hydrogen-bond donors (Lipinski definition) is 3. The first-order valence-corrected chi connectivity index (χ1v) is 10.3. The first-order chi connectivity index (χ1) is 13.1. The summed E-state index contributed by atoms with van der Waals surface area (Å²) in [6.45, 7) is 8.44. The predicted molar refractivity (Wildman–Crippen MR) is 113 cm³/mol. The predicted octanol–water partition coefficient (Wildman–Crippen LogP) is 3.06. The van der Waals surface area contributed by atoms with E-state index in [-0.39, 0.29) is 11.5 Å². The summed E-state index contributed by atoms with van der Waals surface area (Å²) in [6.07, 6.45) is 8.48. The van der Waals surface area contributed by atoms with Gasteiger partial charge in [0.2, 0.25) is 0 Å². The monoisotopic (exact) mass is 370 g/mol. The second kappa shape index (κ2) is 9.27. The molecule has 2 aliphatic rings. The fraction of sp³-hybridized carbons (Fsp3) is 0.591. The largest absolute Gasteiger partial charge is 0.392 e. The average Bonchev–Trinajstić information content (AvgIpc) is 3.22. The third-order valence-electron chi connectivity index (χ3n) is 5.80. The van der Waals surface area contributed by atoms with E-state index in [9.17, 15) is 5.11 Å². The van der Waals surface area contributed by atoms with Gasteiger partial charge in [-0.15, -0.1) is 0 Å². The lowest BCUT2D eigenvalue weighted by Crippen LogP contribution is -2.48. The minimum absolute atomic E-state index is 0.0723. The van der Waals surface area contributed by atoms with Gasteiger partial charge in [0.05, 0.1) is 12.6 Å². The van der Waals surface area contributed by atoms with Gasteiger partial charge in [0.1, 0.15) is 0 Å². The highest BCUT2D eigenvalue weighted by atomic mass is 16.3. The average molecular weight is 371 g/mol. The minimum Gasteiger partial charge on any atom is -0.392 e. The molecule has 5 nitrogen and oxygen atoms in total. The zero-order valence-corrected chi connectivity index (χ0v) is 16.7. The molecule has 1 aromatic carbocycles. The molecule has 27 heavy (non-hydrogen) atoms. The summed E-state index contributed by atoms with van der Waals surface area (Å²) in [4.78, 5) is 7.12. The van der Waals surface area contributed by atoms with Crippen LogP contribution in [0.5, 0.6) is 0 Å². The molecule has 1 heterocycles. The smallest absolute Gasteiger partial charge is 0.191 e. The van der Waals surface area contributed by atoms with E-state index in [1.165, 1.54) is 17.7 Å². The van der Waals surface area contributed by atoms with Gasteiger partial charge in [-0.25, -0.2) is 4.99 Å². The van der Waals surface area contributed by atoms with E-state index < -0.39 is 0 Å². The highest BCUT2D eigenvalue weighted by Crippen LogP contribution is 2.35. The molecule has 0 saturated heterocycles. The quantitative estimate of drug-likeness (QED) is 0.409. The third kappa shape index (κ3) is 5.25. The van der Waals surface area contributed by atoms with E-state index in [2.05, 4.69) is 65.8 Å². The first kappa shape index (κ1) is 19.7. The molecular formula is C22H34N4O. The van der Waals surface area contributed by atoms with E-state index in [0.29, 0.717) is 6.54 Å². The molecule has 2 unspecified atom stereocenters. The Bertz CT molecular complexity index is 664. The van der Waals surface area contributed by atoms with Gasteiger partial charge < -0.3 is 20.6 Å². The third-order valence-corrected chi connectivity index (χ3v) is 5.80. The van der Waals surface area contributed by atoms with Crippen LogP contribution in [-0.2, 0) is 6.54 Å². The van der Waals surface area contributed by atoms with E-state index in [0.717, 1.165) is 51.4 Å². The normalized spacial score (nSPS) is 25.7. The van der Waals surface area contributed by atoms with Gasteiger partial charge in [-0.2, -0.15) is 0 Å². The maximum Gasteiger partial charge on any atom is 0.191 e. The van der Waals surface area contributed by atoms with Crippen molar-refractivity contribution in [2.24, 2.45) is 10.4 Å². The van der Waals surface area contributed by atoms with Gasteiger partial charge in [0, 0.05) is 37.3 Å². The lowest BCUT2D eigenvalue weighted by atomic mass is 9.73. The van der Waals surface area contributed by atoms with Crippen LogP contribution in [0.2, 0.25) is 0 Å². The Hall–Kier alpha value is -2.01. The molecule has 1 saturated carbocycles. The fourth-order valence-electron chi connectivity index (χ4n) is 3.93. The molecule has 1 fully saturated rings. The molecule has 0 radical (unpaired) electrons. The Kier molecular flexibility index (Phi) is 6.78. The zero-order chi connectivity index (χ0) is 19.1. The molecule has 3 N–H and O–H groups in total. The van der Waals surface area contributed by atoms with Crippen molar-refractivity contribution in [2.45, 2.75) is 52.2 Å². The number of benzene rings is 1. The first-order valence-electron chi connectivity index (χ1n) is 10.3. The summed E-state index contributed by atoms with van der Waals surface area (Å²) >= 11 is 0. The van der Waals surface area contributed by atoms with Gasteiger partial charge in [-0.3, -0.25) is 0 Å². The van der Waals surface area contributed by atoms with Crippen LogP contribution in [0, 0.1) is 5.41 Å². The molecule has 2 atom stereocenters. The highest BCUT2D eigenvalue weighted by Gasteiger charge is 2.35. The lowest BCUT2D eigenvalue weighted by Gasteiger charge is -2.38. The summed E-state index contributed by atoms with van der Waals surface area (Å²) in [6, 6.07) is 8.63. The van der Waals surface area contributed by atoms with Crippen molar-refractivity contribution in [3.63, 3.8) is 0 Å². The van der Waals surface area contributed by atoms with E-state index in [1.54, 1.807) is 0 Å². The number of aliphatic imine (C=N–C) groups is 1. The van der Waals surface area contributed by atoms with Crippen LogP contribution in [0.15, 0.2) is 41.4 Å². The Morgan fingerprint density at radius 3 is 2.81 bits per heavy atom. The maximum atomic E-state index is 10.4. The summed E-state index contributed by atoms with van der Waals surface area (Å²) in [5, 5.41) is 17.2. The number of nitrogens with zero attached hydrogens (tertiary/aromatic N) is 2. The molecule has 5 heteroatoms. The number of hydrogen-bond acceptors (Lipinski definition) is 3. The number of aliphatic hydroxyl groups is 1. The molecule has 1 aromatic rings. The minimum atomic E-state index is -0.229. The van der Waals surface area contributed by atoms with Crippen molar-refractivity contribution < 1.29 is 5.11 Å². The number of anilines is 1. The molecule has 0 spiro atoms. The SMILES string of the molecule is CCNC(=NCc1cccc(N2CC=CC2)c1)NCC1(C)CCCCC1O. The second-order valence-electron chi connectivity index (χ2n) is 8.01. The number of rotatable bonds is 6. The van der Waals surface area contributed by atoms with Gasteiger partial charge >= 0.3 is 0 Å². The van der Waals surface area contributed by atoms with Crippen molar-refractivity contribution in [3.8, 4) is 0 Å². The van der Waals surface area contributed by atoms with Crippen LogP contribution >= 0.6 is 0 Å². The molecule has 148 valence electrons. The fourth-order valence-corrected chi connectivity index (χ4v) is 3.93. The Labute approximate surface area is 163 Å². The van der Waals surface area contributed by atoms with Crippen LogP contribution in [0.25, 0.3) is 0 Å². The topological polar surface area (TPSA) is 59.9 Å². The summed E-state index contributed by atoms with van der Waals surface area (Å²) in [5.41, 5.74) is 2.39. The summed E-state index contributed by atoms with van der Waals surface area (Å²) in [5.74, 6) is 0.824. The molecule has 1 aliphatic carbocycles. The molecule has 1 aliphatic heterocycles. The lowest BCUT2D eigenvalue weighted by molar-refractivity contribution is 0.00397. The summed E-state index contributed by atoms with van der Waals surface area (Å²) in [7, 11) is 0. The van der Waals surface area contributed by atoms with Crippen molar-refractivity contribution in [1.29, 1.82) is 0 Å². The standard InChI is InChI=1S/C22H34N4O/c1-3-23-21(25-17-22(2)12-5-4-11-20(22)27)24-16-18-9-8-10-19(15-18)26-13-6-7-14-26/h6-10,15,20,27H,3-5,11-14,16-17H2,1-2H3,(H2,23,24,25). The highest BCUT2D eigenvalue weighted by molar-refractivity contribution is 5.79.